The van der Waals surface area contributed by atoms with Crippen molar-refractivity contribution in [2.45, 2.75) is 69.8 Å². The highest BCUT2D eigenvalue weighted by Gasteiger charge is 2.32. The summed E-state index contributed by atoms with van der Waals surface area (Å²) in [6, 6.07) is 2.86. The van der Waals surface area contributed by atoms with E-state index in [1.165, 1.54) is 25.7 Å². The van der Waals surface area contributed by atoms with Crippen LogP contribution in [-0.2, 0) is 13.1 Å². The Morgan fingerprint density at radius 3 is 2.88 bits per heavy atom. The van der Waals surface area contributed by atoms with Gasteiger partial charge in [-0.15, -0.1) is 0 Å². The van der Waals surface area contributed by atoms with E-state index in [9.17, 15) is 5.11 Å². The first kappa shape index (κ1) is 15.8. The van der Waals surface area contributed by atoms with E-state index >= 15 is 0 Å². The second-order valence-electron chi connectivity index (χ2n) is 7.38. The predicted octanol–water partition coefficient (Wildman–Crippen LogP) is 2.12. The minimum absolute atomic E-state index is 0.162. The number of aromatic nitrogens is 4. The fourth-order valence-electron chi connectivity index (χ4n) is 4.26. The third kappa shape index (κ3) is 3.54. The van der Waals surface area contributed by atoms with Crippen molar-refractivity contribution in [3.63, 3.8) is 0 Å². The number of nitrogens with one attached hydrogen (secondary N) is 1. The molecule has 0 aliphatic heterocycles. The molecule has 2 aliphatic rings. The maximum Gasteiger partial charge on any atom is 0.0945 e. The first-order chi connectivity index (χ1) is 11.8. The summed E-state index contributed by atoms with van der Waals surface area (Å²) < 4.78 is 4.24. The van der Waals surface area contributed by atoms with Crippen LogP contribution in [0.5, 0.6) is 0 Å². The lowest BCUT2D eigenvalue weighted by atomic mass is 10.1. The third-order valence-corrected chi connectivity index (χ3v) is 5.56. The Hall–Kier alpha value is -1.66. The molecule has 0 bridgehead atoms. The van der Waals surface area contributed by atoms with Crippen molar-refractivity contribution in [3.05, 3.63) is 36.7 Å². The van der Waals surface area contributed by atoms with Gasteiger partial charge in [-0.2, -0.15) is 5.10 Å². The van der Waals surface area contributed by atoms with E-state index in [0.29, 0.717) is 12.0 Å². The zero-order valence-electron chi connectivity index (χ0n) is 14.1. The Morgan fingerprint density at radius 2 is 2.08 bits per heavy atom. The van der Waals surface area contributed by atoms with Gasteiger partial charge in [-0.1, -0.05) is 12.8 Å². The SMILES string of the molecule is O[C@@H]1CC(Cn2ccnc2)C[C@H]1NCc1ccn(C2CCCC2)n1. The topological polar surface area (TPSA) is 67.9 Å². The molecule has 0 amide bonds. The first-order valence-corrected chi connectivity index (χ1v) is 9.19. The summed E-state index contributed by atoms with van der Waals surface area (Å²) in [5.74, 6) is 0.503. The maximum absolute atomic E-state index is 10.3. The van der Waals surface area contributed by atoms with Crippen molar-refractivity contribution in [3.8, 4) is 0 Å². The van der Waals surface area contributed by atoms with Crippen LogP contribution < -0.4 is 5.32 Å². The Balaban J connectivity index is 1.28. The smallest absolute Gasteiger partial charge is 0.0945 e. The molecule has 130 valence electrons. The highest BCUT2D eigenvalue weighted by atomic mass is 16.3. The van der Waals surface area contributed by atoms with Gasteiger partial charge in [-0.3, -0.25) is 4.68 Å². The van der Waals surface area contributed by atoms with Crippen molar-refractivity contribution in [2.75, 3.05) is 0 Å². The Morgan fingerprint density at radius 1 is 1.21 bits per heavy atom. The Bertz CT molecular complexity index is 632. The lowest BCUT2D eigenvalue weighted by Gasteiger charge is -2.15. The van der Waals surface area contributed by atoms with Crippen LogP contribution in [0.2, 0.25) is 0 Å². The average Bonchev–Trinajstić information content (AvgIpc) is 3.35. The molecule has 2 aromatic heterocycles. The molecule has 0 aromatic carbocycles. The van der Waals surface area contributed by atoms with Crippen LogP contribution in [0.15, 0.2) is 31.0 Å². The van der Waals surface area contributed by atoms with Gasteiger partial charge < -0.3 is 15.0 Å². The van der Waals surface area contributed by atoms with Gasteiger partial charge >= 0.3 is 0 Å². The van der Waals surface area contributed by atoms with Crippen LogP contribution in [-0.4, -0.2) is 36.6 Å². The molecule has 24 heavy (non-hydrogen) atoms. The number of aliphatic hydroxyl groups is 1. The largest absolute Gasteiger partial charge is 0.391 e. The molecule has 2 aromatic rings. The van der Waals surface area contributed by atoms with Gasteiger partial charge in [0, 0.05) is 37.7 Å². The highest BCUT2D eigenvalue weighted by molar-refractivity contribution is 5.01. The van der Waals surface area contributed by atoms with Crippen LogP contribution in [0.4, 0.5) is 0 Å². The molecule has 6 nitrogen and oxygen atoms in total. The maximum atomic E-state index is 10.3. The first-order valence-electron chi connectivity index (χ1n) is 9.19. The monoisotopic (exact) mass is 329 g/mol. The molecule has 2 aliphatic carbocycles. The summed E-state index contributed by atoms with van der Waals surface area (Å²) >= 11 is 0. The molecule has 6 heteroatoms. The predicted molar refractivity (Wildman–Crippen MR) is 91.3 cm³/mol. The highest BCUT2D eigenvalue weighted by Crippen LogP contribution is 2.29. The third-order valence-electron chi connectivity index (χ3n) is 5.56. The normalized spacial score (nSPS) is 28.0. The van der Waals surface area contributed by atoms with E-state index in [1.54, 1.807) is 0 Å². The fourth-order valence-corrected chi connectivity index (χ4v) is 4.26. The molecule has 2 heterocycles. The number of hydrogen-bond donors (Lipinski definition) is 2. The number of nitrogens with zero attached hydrogens (tertiary/aromatic N) is 4. The van der Waals surface area contributed by atoms with E-state index in [-0.39, 0.29) is 12.1 Å². The van der Waals surface area contributed by atoms with Crippen molar-refractivity contribution in [1.82, 2.24) is 24.6 Å². The molecular formula is C18H27N5O. The number of hydrogen-bond acceptors (Lipinski definition) is 4. The zero-order valence-corrected chi connectivity index (χ0v) is 14.1. The van der Waals surface area contributed by atoms with Crippen LogP contribution in [0.1, 0.15) is 50.3 Å². The molecule has 0 radical (unpaired) electrons. The van der Waals surface area contributed by atoms with Crippen molar-refractivity contribution >= 4 is 0 Å². The van der Waals surface area contributed by atoms with Gasteiger partial charge in [0.2, 0.25) is 0 Å². The van der Waals surface area contributed by atoms with E-state index < -0.39 is 0 Å². The minimum Gasteiger partial charge on any atom is -0.391 e. The number of rotatable bonds is 6. The van der Waals surface area contributed by atoms with E-state index in [4.69, 9.17) is 5.10 Å². The van der Waals surface area contributed by atoms with Crippen molar-refractivity contribution in [2.24, 2.45) is 5.92 Å². The molecule has 1 unspecified atom stereocenters. The number of imidazole rings is 1. The van der Waals surface area contributed by atoms with Gasteiger partial charge in [-0.05, 0) is 37.7 Å². The summed E-state index contributed by atoms with van der Waals surface area (Å²) in [5, 5.41) is 18.6. The van der Waals surface area contributed by atoms with Gasteiger partial charge in [0.15, 0.2) is 0 Å². The van der Waals surface area contributed by atoms with Crippen LogP contribution in [0.25, 0.3) is 0 Å². The Labute approximate surface area is 142 Å². The average molecular weight is 329 g/mol. The van der Waals surface area contributed by atoms with Gasteiger partial charge in [-0.25, -0.2) is 4.98 Å². The van der Waals surface area contributed by atoms with Crippen LogP contribution >= 0.6 is 0 Å². The summed E-state index contributed by atoms with van der Waals surface area (Å²) in [5.41, 5.74) is 1.08. The molecule has 2 saturated carbocycles. The quantitative estimate of drug-likeness (QED) is 0.852. The van der Waals surface area contributed by atoms with E-state index in [0.717, 1.165) is 31.6 Å². The molecule has 0 spiro atoms. The summed E-state index contributed by atoms with van der Waals surface area (Å²) in [6.07, 6.45) is 14.5. The minimum atomic E-state index is -0.268. The zero-order chi connectivity index (χ0) is 16.4. The molecular weight excluding hydrogens is 302 g/mol. The molecule has 0 saturated heterocycles. The molecule has 2 N–H and O–H groups in total. The van der Waals surface area contributed by atoms with E-state index in [1.807, 2.05) is 18.7 Å². The second kappa shape index (κ2) is 7.07. The van der Waals surface area contributed by atoms with Crippen LogP contribution in [0.3, 0.4) is 0 Å². The summed E-state index contributed by atoms with van der Waals surface area (Å²) in [7, 11) is 0. The van der Waals surface area contributed by atoms with Crippen molar-refractivity contribution in [1.29, 1.82) is 0 Å². The van der Waals surface area contributed by atoms with Gasteiger partial charge in [0.25, 0.3) is 0 Å². The standard InChI is InChI=1S/C18H27N5O/c24-18-10-14(12-22-8-6-19-13-22)9-17(18)20-11-15-5-7-23(21-15)16-3-1-2-4-16/h5-8,13-14,16-18,20,24H,1-4,9-12H2/t14?,17-,18-/m1/s1. The molecule has 4 rings (SSSR count). The molecule has 3 atom stereocenters. The summed E-state index contributed by atoms with van der Waals surface area (Å²) in [6.45, 7) is 1.67. The van der Waals surface area contributed by atoms with Gasteiger partial charge in [0.1, 0.15) is 0 Å². The molecule has 2 fully saturated rings. The Kier molecular flexibility index (Phi) is 4.67. The fraction of sp³-hybridized carbons (Fsp3) is 0.667. The lowest BCUT2D eigenvalue weighted by molar-refractivity contribution is 0.145. The summed E-state index contributed by atoms with van der Waals surface area (Å²) in [4.78, 5) is 4.09. The number of aliphatic hydroxyl groups excluding tert-OH is 1. The van der Waals surface area contributed by atoms with Gasteiger partial charge in [0.05, 0.1) is 24.2 Å². The van der Waals surface area contributed by atoms with Crippen molar-refractivity contribution < 1.29 is 5.11 Å². The van der Waals surface area contributed by atoms with E-state index in [2.05, 4.69) is 31.8 Å². The second-order valence-corrected chi connectivity index (χ2v) is 7.38. The lowest BCUT2D eigenvalue weighted by Crippen LogP contribution is -2.35. The van der Waals surface area contributed by atoms with Crippen LogP contribution in [0, 0.1) is 5.92 Å².